The molecule has 7 nitrogen and oxygen atoms in total. The van der Waals surface area contributed by atoms with Gasteiger partial charge in [0.25, 0.3) is 15.9 Å². The molecular formula is C29H23ClFN3O4S2. The van der Waals surface area contributed by atoms with Crippen molar-refractivity contribution < 1.29 is 22.4 Å². The summed E-state index contributed by atoms with van der Waals surface area (Å²) in [6.45, 7) is 0.459. The van der Waals surface area contributed by atoms with E-state index in [0.717, 1.165) is 23.3 Å². The van der Waals surface area contributed by atoms with Crippen LogP contribution in [0.25, 0.3) is 0 Å². The fourth-order valence-electron chi connectivity index (χ4n) is 4.14. The molecule has 0 unspecified atom stereocenters. The molecule has 0 radical (unpaired) electrons. The van der Waals surface area contributed by atoms with Gasteiger partial charge in [-0.3, -0.25) is 14.3 Å². The molecule has 40 heavy (non-hydrogen) atoms. The van der Waals surface area contributed by atoms with Crippen molar-refractivity contribution in [3.05, 3.63) is 125 Å². The van der Waals surface area contributed by atoms with E-state index < -0.39 is 15.8 Å². The van der Waals surface area contributed by atoms with Gasteiger partial charge in [0, 0.05) is 28.5 Å². The van der Waals surface area contributed by atoms with E-state index in [1.807, 2.05) is 29.2 Å². The van der Waals surface area contributed by atoms with E-state index in [0.29, 0.717) is 28.6 Å². The zero-order chi connectivity index (χ0) is 28.3. The first-order valence-electron chi connectivity index (χ1n) is 12.1. The lowest BCUT2D eigenvalue weighted by Gasteiger charge is -2.24. The van der Waals surface area contributed by atoms with E-state index >= 15 is 0 Å². The number of halogens is 2. The molecule has 1 aliphatic heterocycles. The zero-order valence-corrected chi connectivity index (χ0v) is 23.3. The molecule has 1 aliphatic rings. The van der Waals surface area contributed by atoms with Crippen LogP contribution in [0.15, 0.2) is 102 Å². The minimum Gasteiger partial charge on any atom is -0.322 e. The molecular weight excluding hydrogens is 573 g/mol. The Morgan fingerprint density at radius 2 is 1.52 bits per heavy atom. The van der Waals surface area contributed by atoms with Crippen molar-refractivity contribution in [2.24, 2.45) is 0 Å². The second-order valence-corrected chi connectivity index (χ2v) is 12.2. The van der Waals surface area contributed by atoms with Gasteiger partial charge >= 0.3 is 0 Å². The molecule has 2 N–H and O–H groups in total. The van der Waals surface area contributed by atoms with Crippen LogP contribution in [0.4, 0.5) is 15.8 Å². The first kappa shape index (κ1) is 27.7. The number of carbonyl (C=O) groups excluding carboxylic acids is 2. The Morgan fingerprint density at radius 3 is 2.17 bits per heavy atom. The Bertz CT molecular complexity index is 1630. The molecule has 1 saturated heterocycles. The van der Waals surface area contributed by atoms with E-state index in [2.05, 4.69) is 10.0 Å². The quantitative estimate of drug-likeness (QED) is 0.249. The molecule has 1 heterocycles. The zero-order valence-electron chi connectivity index (χ0n) is 20.9. The van der Waals surface area contributed by atoms with Gasteiger partial charge in [0.15, 0.2) is 0 Å². The Kier molecular flexibility index (Phi) is 8.11. The van der Waals surface area contributed by atoms with Gasteiger partial charge in [-0.05, 0) is 83.9 Å². The topological polar surface area (TPSA) is 95.6 Å². The number of sulfonamides is 1. The van der Waals surface area contributed by atoms with Crippen LogP contribution in [-0.4, -0.2) is 30.9 Å². The maximum atomic E-state index is 13.1. The summed E-state index contributed by atoms with van der Waals surface area (Å²) < 4.78 is 40.7. The van der Waals surface area contributed by atoms with Crippen LogP contribution in [0, 0.1) is 5.82 Å². The summed E-state index contributed by atoms with van der Waals surface area (Å²) in [5, 5.41) is 3.23. The van der Waals surface area contributed by atoms with Crippen LogP contribution in [-0.2, 0) is 21.4 Å². The van der Waals surface area contributed by atoms with Gasteiger partial charge in [-0.2, -0.15) is 0 Å². The standard InChI is InChI=1S/C29H23ClFN3O4S2/c30-22-7-1-19(2-8-22)17-34-27(35)18-39-29(34)21-5-3-20(4-6-21)28(36)32-24-13-15-26(16-14-24)40(37,38)33-25-11-9-23(31)10-12-25/h1-16,29,33H,17-18H2,(H,32,36)/t29-/m1/s1. The van der Waals surface area contributed by atoms with Crippen molar-refractivity contribution in [1.29, 1.82) is 0 Å². The van der Waals surface area contributed by atoms with Crippen LogP contribution >= 0.6 is 23.4 Å². The summed E-state index contributed by atoms with van der Waals surface area (Å²) in [6.07, 6.45) is 0. The number of amides is 2. The second-order valence-electron chi connectivity index (χ2n) is 9.02. The van der Waals surface area contributed by atoms with Gasteiger partial charge in [0.1, 0.15) is 11.2 Å². The number of rotatable bonds is 8. The molecule has 4 aromatic carbocycles. The summed E-state index contributed by atoms with van der Waals surface area (Å²) in [5.74, 6) is -0.405. The van der Waals surface area contributed by atoms with Crippen molar-refractivity contribution in [2.45, 2.75) is 16.8 Å². The smallest absolute Gasteiger partial charge is 0.261 e. The predicted molar refractivity (Wildman–Crippen MR) is 155 cm³/mol. The number of carbonyl (C=O) groups is 2. The summed E-state index contributed by atoms with van der Waals surface area (Å²) in [6, 6.07) is 25.1. The second kappa shape index (κ2) is 11.7. The highest BCUT2D eigenvalue weighted by atomic mass is 35.5. The van der Waals surface area contributed by atoms with Crippen molar-refractivity contribution in [3.8, 4) is 0 Å². The number of hydrogen-bond donors (Lipinski definition) is 2. The average Bonchev–Trinajstić information content (AvgIpc) is 3.31. The van der Waals surface area contributed by atoms with Crippen molar-refractivity contribution in [3.63, 3.8) is 0 Å². The van der Waals surface area contributed by atoms with Gasteiger partial charge in [0.05, 0.1) is 10.6 Å². The van der Waals surface area contributed by atoms with Crippen LogP contribution < -0.4 is 10.0 Å². The molecule has 5 rings (SSSR count). The highest BCUT2D eigenvalue weighted by Gasteiger charge is 2.32. The average molecular weight is 596 g/mol. The first-order valence-corrected chi connectivity index (χ1v) is 15.0. The van der Waals surface area contributed by atoms with Crippen LogP contribution in [0.1, 0.15) is 26.9 Å². The lowest BCUT2D eigenvalue weighted by Crippen LogP contribution is -2.27. The highest BCUT2D eigenvalue weighted by molar-refractivity contribution is 8.00. The monoisotopic (exact) mass is 595 g/mol. The first-order chi connectivity index (χ1) is 19.2. The van der Waals surface area contributed by atoms with Gasteiger partial charge in [-0.1, -0.05) is 35.9 Å². The lowest BCUT2D eigenvalue weighted by molar-refractivity contribution is -0.128. The number of hydrogen-bond acceptors (Lipinski definition) is 5. The van der Waals surface area contributed by atoms with E-state index in [1.165, 1.54) is 48.2 Å². The Hall–Kier alpha value is -3.86. The molecule has 0 bridgehead atoms. The highest BCUT2D eigenvalue weighted by Crippen LogP contribution is 2.39. The largest absolute Gasteiger partial charge is 0.322 e. The third kappa shape index (κ3) is 6.47. The minimum atomic E-state index is -3.89. The fourth-order valence-corrected chi connectivity index (χ4v) is 6.51. The SMILES string of the molecule is O=C(Nc1ccc(S(=O)(=O)Nc2ccc(F)cc2)cc1)c1ccc([C@H]2SCC(=O)N2Cc2ccc(Cl)cc2)cc1. The Labute approximate surface area is 240 Å². The number of benzene rings is 4. The summed E-state index contributed by atoms with van der Waals surface area (Å²) in [4.78, 5) is 27.2. The normalized spacial score (nSPS) is 15.2. The molecule has 4 aromatic rings. The van der Waals surface area contributed by atoms with Gasteiger partial charge in [-0.15, -0.1) is 11.8 Å². The third-order valence-electron chi connectivity index (χ3n) is 6.21. The van der Waals surface area contributed by atoms with Crippen molar-refractivity contribution >= 4 is 56.6 Å². The van der Waals surface area contributed by atoms with E-state index in [9.17, 15) is 22.4 Å². The fraction of sp³-hybridized carbons (Fsp3) is 0.103. The van der Waals surface area contributed by atoms with Gasteiger partial charge in [0.2, 0.25) is 5.91 Å². The maximum absolute atomic E-state index is 13.1. The Morgan fingerprint density at radius 1 is 0.900 bits per heavy atom. The van der Waals surface area contributed by atoms with Crippen molar-refractivity contribution in [1.82, 2.24) is 4.90 Å². The third-order valence-corrected chi connectivity index (χ3v) is 9.12. The van der Waals surface area contributed by atoms with Gasteiger partial charge in [-0.25, -0.2) is 12.8 Å². The van der Waals surface area contributed by atoms with Crippen LogP contribution in [0.2, 0.25) is 5.02 Å². The maximum Gasteiger partial charge on any atom is 0.261 e. The molecule has 0 aromatic heterocycles. The van der Waals surface area contributed by atoms with Gasteiger partial charge < -0.3 is 10.2 Å². The predicted octanol–water partition coefficient (Wildman–Crippen LogP) is 6.31. The summed E-state index contributed by atoms with van der Waals surface area (Å²) in [5.41, 5.74) is 2.95. The molecule has 1 atom stereocenters. The van der Waals surface area contributed by atoms with E-state index in [4.69, 9.17) is 11.6 Å². The summed E-state index contributed by atoms with van der Waals surface area (Å²) >= 11 is 7.51. The molecule has 0 spiro atoms. The molecule has 11 heteroatoms. The molecule has 0 saturated carbocycles. The number of thioether (sulfide) groups is 1. The van der Waals surface area contributed by atoms with E-state index in [1.54, 1.807) is 24.3 Å². The van der Waals surface area contributed by atoms with Crippen LogP contribution in [0.3, 0.4) is 0 Å². The molecule has 2 amide bonds. The number of nitrogens with one attached hydrogen (secondary N) is 2. The van der Waals surface area contributed by atoms with Crippen molar-refractivity contribution in [2.75, 3.05) is 15.8 Å². The number of anilines is 2. The molecule has 0 aliphatic carbocycles. The lowest BCUT2D eigenvalue weighted by atomic mass is 10.1. The van der Waals surface area contributed by atoms with Crippen LogP contribution in [0.5, 0.6) is 0 Å². The summed E-state index contributed by atoms with van der Waals surface area (Å²) in [7, 11) is -3.89. The number of nitrogens with zero attached hydrogens (tertiary/aromatic N) is 1. The van der Waals surface area contributed by atoms with E-state index in [-0.39, 0.29) is 27.8 Å². The minimum absolute atomic E-state index is 0.00839. The molecule has 1 fully saturated rings. The Balaban J connectivity index is 1.22. The molecule has 204 valence electrons.